The molecule has 2 aromatic rings. The average molecular weight is 401 g/mol. The topological polar surface area (TPSA) is 56.1 Å². The molecular weight excluding hydrogens is 373 g/mol. The van der Waals surface area contributed by atoms with Crippen molar-refractivity contribution in [3.63, 3.8) is 0 Å². The number of amides is 1. The molecule has 8 heteroatoms. The minimum absolute atomic E-state index is 0.166. The van der Waals surface area contributed by atoms with Crippen LogP contribution in [0.25, 0.3) is 0 Å². The molecule has 29 heavy (non-hydrogen) atoms. The molecule has 1 amide bonds. The van der Waals surface area contributed by atoms with Gasteiger partial charge in [0.15, 0.2) is 0 Å². The molecule has 2 saturated heterocycles. The Morgan fingerprint density at radius 1 is 1.03 bits per heavy atom. The van der Waals surface area contributed by atoms with Gasteiger partial charge in [-0.2, -0.15) is 0 Å². The summed E-state index contributed by atoms with van der Waals surface area (Å²) in [7, 11) is 0. The van der Waals surface area contributed by atoms with Gasteiger partial charge in [0.05, 0.1) is 17.9 Å². The summed E-state index contributed by atoms with van der Waals surface area (Å²) in [5, 5.41) is 4.05. The minimum Gasteiger partial charge on any atom is -0.366 e. The summed E-state index contributed by atoms with van der Waals surface area (Å²) in [4.78, 5) is 21.2. The van der Waals surface area contributed by atoms with Crippen LogP contribution in [0.5, 0.6) is 0 Å². The number of nitrogens with zero attached hydrogens (tertiary/aromatic N) is 5. The summed E-state index contributed by atoms with van der Waals surface area (Å²) in [5.74, 6) is 0.795. The summed E-state index contributed by atoms with van der Waals surface area (Å²) in [6.45, 7) is 9.33. The summed E-state index contributed by atoms with van der Waals surface area (Å²) in [5.41, 5.74) is 1.58. The molecule has 4 rings (SSSR count). The van der Waals surface area contributed by atoms with E-state index in [4.69, 9.17) is 4.52 Å². The highest BCUT2D eigenvalue weighted by Gasteiger charge is 2.25. The lowest BCUT2D eigenvalue weighted by Crippen LogP contribution is -2.53. The molecular formula is C21H28FN5O2. The second-order valence-electron chi connectivity index (χ2n) is 7.80. The van der Waals surface area contributed by atoms with Gasteiger partial charge in [-0.15, -0.1) is 0 Å². The van der Waals surface area contributed by atoms with Crippen LogP contribution in [0.2, 0.25) is 0 Å². The van der Waals surface area contributed by atoms with E-state index in [1.165, 1.54) is 6.07 Å². The molecule has 0 saturated carbocycles. The first-order chi connectivity index (χ1) is 14.1. The zero-order chi connectivity index (χ0) is 20.2. The average Bonchev–Trinajstić information content (AvgIpc) is 3.14. The molecule has 3 heterocycles. The highest BCUT2D eigenvalue weighted by atomic mass is 19.1. The molecule has 0 radical (unpaired) electrons. The van der Waals surface area contributed by atoms with Crippen molar-refractivity contribution >= 4 is 11.6 Å². The van der Waals surface area contributed by atoms with E-state index in [1.54, 1.807) is 12.1 Å². The first-order valence-electron chi connectivity index (χ1n) is 10.2. The number of para-hydroxylation sites is 1. The summed E-state index contributed by atoms with van der Waals surface area (Å²) < 4.78 is 19.1. The zero-order valence-corrected chi connectivity index (χ0v) is 16.9. The van der Waals surface area contributed by atoms with Crippen LogP contribution in [0.1, 0.15) is 11.5 Å². The van der Waals surface area contributed by atoms with Gasteiger partial charge in [-0.3, -0.25) is 14.6 Å². The lowest BCUT2D eigenvalue weighted by molar-refractivity contribution is -0.133. The predicted molar refractivity (Wildman–Crippen MR) is 108 cm³/mol. The fourth-order valence-corrected chi connectivity index (χ4v) is 4.02. The SMILES string of the molecule is Cc1cc(CN2CCN(CC(=O)N3CCN(c4ccccc4F)CC3)CC2)no1. The molecule has 0 unspecified atom stereocenters. The van der Waals surface area contributed by atoms with Gasteiger partial charge in [0.25, 0.3) is 0 Å². The molecule has 7 nitrogen and oxygen atoms in total. The molecule has 2 aliphatic rings. The van der Waals surface area contributed by atoms with E-state index >= 15 is 0 Å². The maximum atomic E-state index is 14.0. The number of piperazine rings is 2. The number of anilines is 1. The quantitative estimate of drug-likeness (QED) is 0.759. The Bertz CT molecular complexity index is 826. The molecule has 0 bridgehead atoms. The number of carbonyl (C=O) groups excluding carboxylic acids is 1. The number of benzene rings is 1. The van der Waals surface area contributed by atoms with E-state index in [9.17, 15) is 9.18 Å². The van der Waals surface area contributed by atoms with Crippen LogP contribution in [0.4, 0.5) is 10.1 Å². The molecule has 1 aromatic heterocycles. The second-order valence-corrected chi connectivity index (χ2v) is 7.80. The Morgan fingerprint density at radius 3 is 2.38 bits per heavy atom. The van der Waals surface area contributed by atoms with Crippen molar-refractivity contribution < 1.29 is 13.7 Å². The Morgan fingerprint density at radius 2 is 1.72 bits per heavy atom. The number of aromatic nitrogens is 1. The lowest BCUT2D eigenvalue weighted by atomic mass is 10.2. The molecule has 0 aliphatic carbocycles. The number of halogens is 1. The monoisotopic (exact) mass is 401 g/mol. The standard InChI is InChI=1S/C21H28FN5O2/c1-17-14-18(23-29-17)15-24-6-8-25(9-7-24)16-21(28)27-12-10-26(11-13-27)20-5-3-2-4-19(20)22/h2-5,14H,6-13,15-16H2,1H3. The number of carbonyl (C=O) groups is 1. The molecule has 0 atom stereocenters. The van der Waals surface area contributed by atoms with Crippen molar-refractivity contribution in [3.8, 4) is 0 Å². The zero-order valence-electron chi connectivity index (χ0n) is 16.9. The Labute approximate surface area is 170 Å². The van der Waals surface area contributed by atoms with Crippen LogP contribution < -0.4 is 4.90 Å². The maximum absolute atomic E-state index is 14.0. The van der Waals surface area contributed by atoms with Crippen molar-refractivity contribution in [3.05, 3.63) is 47.6 Å². The maximum Gasteiger partial charge on any atom is 0.236 e. The first kappa shape index (κ1) is 19.8. The van der Waals surface area contributed by atoms with Crippen LogP contribution in [-0.4, -0.2) is 84.7 Å². The molecule has 0 spiro atoms. The molecule has 0 N–H and O–H groups in total. The number of rotatable bonds is 5. The van der Waals surface area contributed by atoms with E-state index in [0.29, 0.717) is 38.4 Å². The minimum atomic E-state index is -0.203. The van der Waals surface area contributed by atoms with Crippen LogP contribution in [-0.2, 0) is 11.3 Å². The third kappa shape index (κ3) is 4.94. The second kappa shape index (κ2) is 8.92. The van der Waals surface area contributed by atoms with Crippen molar-refractivity contribution in [2.45, 2.75) is 13.5 Å². The summed E-state index contributed by atoms with van der Waals surface area (Å²) >= 11 is 0. The molecule has 2 aliphatic heterocycles. The van der Waals surface area contributed by atoms with Gasteiger partial charge in [0, 0.05) is 65.0 Å². The third-order valence-corrected chi connectivity index (χ3v) is 5.71. The third-order valence-electron chi connectivity index (χ3n) is 5.71. The van der Waals surface area contributed by atoms with Gasteiger partial charge in [-0.25, -0.2) is 4.39 Å². The predicted octanol–water partition coefficient (Wildman–Crippen LogP) is 1.59. The van der Waals surface area contributed by atoms with Gasteiger partial charge in [-0.05, 0) is 19.1 Å². The molecule has 2 fully saturated rings. The van der Waals surface area contributed by atoms with Gasteiger partial charge >= 0.3 is 0 Å². The van der Waals surface area contributed by atoms with Crippen LogP contribution in [0.3, 0.4) is 0 Å². The Balaban J connectivity index is 1.20. The van der Waals surface area contributed by atoms with Gasteiger partial charge in [-0.1, -0.05) is 17.3 Å². The van der Waals surface area contributed by atoms with Crippen molar-refractivity contribution in [2.24, 2.45) is 0 Å². The van der Waals surface area contributed by atoms with Crippen molar-refractivity contribution in [1.82, 2.24) is 19.9 Å². The molecule has 1 aromatic carbocycles. The van der Waals surface area contributed by atoms with E-state index < -0.39 is 0 Å². The van der Waals surface area contributed by atoms with E-state index in [1.807, 2.05) is 28.9 Å². The normalized spacial score (nSPS) is 19.0. The lowest BCUT2D eigenvalue weighted by Gasteiger charge is -2.38. The fourth-order valence-electron chi connectivity index (χ4n) is 4.02. The largest absolute Gasteiger partial charge is 0.366 e. The van der Waals surface area contributed by atoms with E-state index in [0.717, 1.165) is 44.2 Å². The Kier molecular flexibility index (Phi) is 6.10. The Hall–Kier alpha value is -2.45. The summed E-state index contributed by atoms with van der Waals surface area (Å²) in [6.07, 6.45) is 0. The highest BCUT2D eigenvalue weighted by molar-refractivity contribution is 5.78. The van der Waals surface area contributed by atoms with Gasteiger partial charge < -0.3 is 14.3 Å². The fraction of sp³-hybridized carbons (Fsp3) is 0.524. The highest BCUT2D eigenvalue weighted by Crippen LogP contribution is 2.20. The number of aryl methyl sites for hydroxylation is 1. The number of hydrogen-bond acceptors (Lipinski definition) is 6. The number of hydrogen-bond donors (Lipinski definition) is 0. The summed E-state index contributed by atoms with van der Waals surface area (Å²) in [6, 6.07) is 8.80. The van der Waals surface area contributed by atoms with Gasteiger partial charge in [0.1, 0.15) is 11.6 Å². The van der Waals surface area contributed by atoms with Crippen molar-refractivity contribution in [2.75, 3.05) is 63.8 Å². The first-order valence-corrected chi connectivity index (χ1v) is 10.2. The van der Waals surface area contributed by atoms with Crippen molar-refractivity contribution in [1.29, 1.82) is 0 Å². The van der Waals surface area contributed by atoms with Crippen LogP contribution >= 0.6 is 0 Å². The van der Waals surface area contributed by atoms with Gasteiger partial charge in [0.2, 0.25) is 5.91 Å². The van der Waals surface area contributed by atoms with E-state index in [-0.39, 0.29) is 11.7 Å². The van der Waals surface area contributed by atoms with E-state index in [2.05, 4.69) is 15.0 Å². The smallest absolute Gasteiger partial charge is 0.236 e. The molecule has 156 valence electrons. The van der Waals surface area contributed by atoms with Crippen LogP contribution in [0, 0.1) is 12.7 Å². The van der Waals surface area contributed by atoms with Crippen LogP contribution in [0.15, 0.2) is 34.9 Å².